The van der Waals surface area contributed by atoms with E-state index in [-0.39, 0.29) is 31.1 Å². The van der Waals surface area contributed by atoms with Crippen LogP contribution in [0.4, 0.5) is 0 Å². The van der Waals surface area contributed by atoms with Gasteiger partial charge in [0.1, 0.15) is 13.2 Å². The molecule has 0 N–H and O–H groups in total. The lowest BCUT2D eigenvalue weighted by atomic mass is 10.1. The van der Waals surface area contributed by atoms with Gasteiger partial charge in [0.15, 0.2) is 6.10 Å². The molecular formula is C70H114O6. The van der Waals surface area contributed by atoms with E-state index in [2.05, 4.69) is 154 Å². The molecule has 76 heavy (non-hydrogen) atoms. The highest BCUT2D eigenvalue weighted by atomic mass is 16.6. The predicted molar refractivity (Wildman–Crippen MR) is 329 cm³/mol. The van der Waals surface area contributed by atoms with E-state index >= 15 is 0 Å². The van der Waals surface area contributed by atoms with E-state index in [9.17, 15) is 14.4 Å². The standard InChI is InChI=1S/C70H114O6/c1-4-7-10-13-16-19-22-25-28-30-31-32-33-34-35-36-37-38-39-41-42-45-48-51-54-57-60-63-69(72)75-66-67(65-74-68(71)62-59-56-53-50-47-44-27-24-21-18-15-12-9-6-3)76-70(73)64-61-58-55-52-49-46-43-40-29-26-23-20-17-14-11-8-5-2/h7-8,10-11,15-20,24-29,31-32,34-35,37-38,67H,4-6,9,12-14,21-23,30,33,36,39-66H2,1-3H3/b10-7-,11-8-,18-15-,19-16-,20-17-,27-24-,28-25-,29-26-,32-31-,35-34-,38-37-. The maximum Gasteiger partial charge on any atom is 0.306 e. The zero-order valence-corrected chi connectivity index (χ0v) is 49.2. The van der Waals surface area contributed by atoms with E-state index < -0.39 is 6.10 Å². The van der Waals surface area contributed by atoms with Gasteiger partial charge in [-0.25, -0.2) is 0 Å². The molecule has 0 fully saturated rings. The summed E-state index contributed by atoms with van der Waals surface area (Å²) in [5.74, 6) is -0.926. The van der Waals surface area contributed by atoms with Crippen LogP contribution in [0.1, 0.15) is 271 Å². The molecule has 0 spiro atoms. The van der Waals surface area contributed by atoms with Crippen molar-refractivity contribution in [1.82, 2.24) is 0 Å². The highest BCUT2D eigenvalue weighted by Gasteiger charge is 2.19. The molecule has 0 bridgehead atoms. The molecule has 6 nitrogen and oxygen atoms in total. The summed E-state index contributed by atoms with van der Waals surface area (Å²) < 4.78 is 16.9. The highest BCUT2D eigenvalue weighted by Crippen LogP contribution is 2.15. The monoisotopic (exact) mass is 1050 g/mol. The molecule has 0 saturated heterocycles. The number of ether oxygens (including phenoxy) is 3. The Morgan fingerprint density at radius 3 is 0.803 bits per heavy atom. The average molecular weight is 1050 g/mol. The van der Waals surface area contributed by atoms with Crippen molar-refractivity contribution in [1.29, 1.82) is 0 Å². The molecular weight excluding hydrogens is 937 g/mol. The van der Waals surface area contributed by atoms with Crippen molar-refractivity contribution in [3.05, 3.63) is 134 Å². The largest absolute Gasteiger partial charge is 0.462 e. The van der Waals surface area contributed by atoms with E-state index in [0.29, 0.717) is 19.3 Å². The third-order valence-corrected chi connectivity index (χ3v) is 12.9. The van der Waals surface area contributed by atoms with Crippen LogP contribution in [0.5, 0.6) is 0 Å². The van der Waals surface area contributed by atoms with Crippen LogP contribution >= 0.6 is 0 Å². The number of unbranched alkanes of at least 4 members (excludes halogenated alkanes) is 22. The summed E-state index contributed by atoms with van der Waals surface area (Å²) in [4.78, 5) is 38.3. The van der Waals surface area contributed by atoms with Gasteiger partial charge in [-0.15, -0.1) is 0 Å². The number of carbonyl (C=O) groups excluding carboxylic acids is 3. The molecule has 0 amide bonds. The van der Waals surface area contributed by atoms with Crippen LogP contribution < -0.4 is 0 Å². The number of allylic oxidation sites excluding steroid dienone is 22. The first-order valence-corrected chi connectivity index (χ1v) is 31.2. The topological polar surface area (TPSA) is 78.9 Å². The van der Waals surface area contributed by atoms with Crippen LogP contribution in [-0.2, 0) is 28.6 Å². The molecule has 0 aliphatic rings. The molecule has 430 valence electrons. The highest BCUT2D eigenvalue weighted by molar-refractivity contribution is 5.71. The predicted octanol–water partition coefficient (Wildman–Crippen LogP) is 21.4. The Balaban J connectivity index is 4.38. The molecule has 0 aliphatic heterocycles. The lowest BCUT2D eigenvalue weighted by molar-refractivity contribution is -0.167. The first-order valence-electron chi connectivity index (χ1n) is 31.2. The maximum absolute atomic E-state index is 12.9. The third-order valence-electron chi connectivity index (χ3n) is 12.9. The Kier molecular flexibility index (Phi) is 59.4. The lowest BCUT2D eigenvalue weighted by Crippen LogP contribution is -2.30. The van der Waals surface area contributed by atoms with Gasteiger partial charge in [-0.1, -0.05) is 257 Å². The Labute approximate surface area is 468 Å². The third kappa shape index (κ3) is 60.4. The van der Waals surface area contributed by atoms with Crippen LogP contribution in [0.3, 0.4) is 0 Å². The smallest absolute Gasteiger partial charge is 0.306 e. The van der Waals surface area contributed by atoms with E-state index in [1.807, 2.05) is 0 Å². The van der Waals surface area contributed by atoms with Crippen molar-refractivity contribution >= 4 is 17.9 Å². The quantitative estimate of drug-likeness (QED) is 0.0261. The minimum Gasteiger partial charge on any atom is -0.462 e. The zero-order chi connectivity index (χ0) is 55.0. The molecule has 0 aromatic carbocycles. The lowest BCUT2D eigenvalue weighted by Gasteiger charge is -2.18. The Morgan fingerprint density at radius 2 is 0.513 bits per heavy atom. The summed E-state index contributed by atoms with van der Waals surface area (Å²) >= 11 is 0. The van der Waals surface area contributed by atoms with Crippen LogP contribution in [0.15, 0.2) is 134 Å². The summed E-state index contributed by atoms with van der Waals surface area (Å²) in [5, 5.41) is 0. The molecule has 1 atom stereocenters. The molecule has 0 aliphatic carbocycles. The maximum atomic E-state index is 12.9. The number of carbonyl (C=O) groups is 3. The van der Waals surface area contributed by atoms with E-state index in [4.69, 9.17) is 14.2 Å². The molecule has 1 unspecified atom stereocenters. The van der Waals surface area contributed by atoms with Gasteiger partial charge in [0.05, 0.1) is 0 Å². The van der Waals surface area contributed by atoms with Crippen molar-refractivity contribution in [3.63, 3.8) is 0 Å². The average Bonchev–Trinajstić information content (AvgIpc) is 3.42. The van der Waals surface area contributed by atoms with Gasteiger partial charge in [-0.3, -0.25) is 14.4 Å². The van der Waals surface area contributed by atoms with Crippen molar-refractivity contribution < 1.29 is 28.6 Å². The second-order valence-electron chi connectivity index (χ2n) is 20.2. The summed E-state index contributed by atoms with van der Waals surface area (Å²) in [6.45, 7) is 6.35. The summed E-state index contributed by atoms with van der Waals surface area (Å²) in [6.07, 6.45) is 88.7. The van der Waals surface area contributed by atoms with Crippen molar-refractivity contribution in [2.24, 2.45) is 0 Å². The fraction of sp³-hybridized carbons (Fsp3) is 0.643. The summed E-state index contributed by atoms with van der Waals surface area (Å²) in [5.41, 5.74) is 0. The van der Waals surface area contributed by atoms with E-state index in [1.165, 1.54) is 77.0 Å². The number of esters is 3. The van der Waals surface area contributed by atoms with Crippen LogP contribution in [0.2, 0.25) is 0 Å². The van der Waals surface area contributed by atoms with Gasteiger partial charge in [-0.2, -0.15) is 0 Å². The van der Waals surface area contributed by atoms with Crippen LogP contribution in [0.25, 0.3) is 0 Å². The normalized spacial score (nSPS) is 13.0. The fourth-order valence-corrected chi connectivity index (χ4v) is 8.24. The SMILES string of the molecule is CC/C=C\C/C=C\C/C=C\C/C=C\C/C=C\C/C=C\CCCCCCCCCCC(=O)OCC(COC(=O)CCCCCCC/C=C\C/C=C\CCCC)OC(=O)CCCCCCCCC/C=C\C/C=C\C/C=C\CC. The first-order chi connectivity index (χ1) is 37.5. The first kappa shape index (κ1) is 71.5. The molecule has 6 heteroatoms. The second-order valence-corrected chi connectivity index (χ2v) is 20.2. The molecule has 0 aromatic rings. The molecule has 0 saturated carbocycles. The number of rotatable bonds is 55. The van der Waals surface area contributed by atoms with Gasteiger partial charge in [-0.05, 0) is 128 Å². The van der Waals surface area contributed by atoms with Gasteiger partial charge in [0.25, 0.3) is 0 Å². The van der Waals surface area contributed by atoms with Gasteiger partial charge < -0.3 is 14.2 Å². The Morgan fingerprint density at radius 1 is 0.276 bits per heavy atom. The van der Waals surface area contributed by atoms with Crippen LogP contribution in [-0.4, -0.2) is 37.2 Å². The number of hydrogen-bond acceptors (Lipinski definition) is 6. The molecule has 0 heterocycles. The zero-order valence-electron chi connectivity index (χ0n) is 49.2. The van der Waals surface area contributed by atoms with Crippen molar-refractivity contribution in [2.75, 3.05) is 13.2 Å². The van der Waals surface area contributed by atoms with Gasteiger partial charge in [0, 0.05) is 19.3 Å². The van der Waals surface area contributed by atoms with Gasteiger partial charge >= 0.3 is 17.9 Å². The molecule has 0 radical (unpaired) electrons. The minimum atomic E-state index is -0.798. The van der Waals surface area contributed by atoms with E-state index in [0.717, 1.165) is 154 Å². The fourth-order valence-electron chi connectivity index (χ4n) is 8.24. The Hall–Kier alpha value is -4.45. The molecule has 0 rings (SSSR count). The minimum absolute atomic E-state index is 0.0947. The van der Waals surface area contributed by atoms with E-state index in [1.54, 1.807) is 0 Å². The summed E-state index contributed by atoms with van der Waals surface area (Å²) in [7, 11) is 0. The van der Waals surface area contributed by atoms with Crippen LogP contribution in [0, 0.1) is 0 Å². The van der Waals surface area contributed by atoms with Gasteiger partial charge in [0.2, 0.25) is 0 Å². The Bertz CT molecular complexity index is 1630. The summed E-state index contributed by atoms with van der Waals surface area (Å²) in [6, 6.07) is 0. The van der Waals surface area contributed by atoms with Crippen molar-refractivity contribution in [3.8, 4) is 0 Å². The molecule has 0 aromatic heterocycles. The van der Waals surface area contributed by atoms with Crippen molar-refractivity contribution in [2.45, 2.75) is 277 Å². The number of hydrogen-bond donors (Lipinski definition) is 0. The second kappa shape index (κ2) is 63.1.